The van der Waals surface area contributed by atoms with Crippen LogP contribution in [-0.2, 0) is 11.3 Å². The summed E-state index contributed by atoms with van der Waals surface area (Å²) in [4.78, 5) is 6.86. The molecule has 0 aromatic heterocycles. The molecule has 2 fully saturated rings. The van der Waals surface area contributed by atoms with Gasteiger partial charge < -0.3 is 15.4 Å². The van der Waals surface area contributed by atoms with E-state index >= 15 is 0 Å². The van der Waals surface area contributed by atoms with Gasteiger partial charge in [0.15, 0.2) is 5.96 Å². The molecule has 2 aliphatic heterocycles. The van der Waals surface area contributed by atoms with Gasteiger partial charge in [0.25, 0.3) is 0 Å². The fraction of sp³-hybridized carbons (Fsp3) is 0.611. The molecule has 26 heavy (non-hydrogen) atoms. The lowest BCUT2D eigenvalue weighted by molar-refractivity contribution is -0.0120. The molecular weight excluding hydrogens is 466 g/mol. The van der Waals surface area contributed by atoms with Crippen LogP contribution in [0.25, 0.3) is 0 Å². The Hall–Kier alpha value is -0.580. The molecule has 0 saturated carbocycles. The summed E-state index contributed by atoms with van der Waals surface area (Å²) in [5.74, 6) is 2.85. The zero-order valence-electron chi connectivity index (χ0n) is 15.2. The summed E-state index contributed by atoms with van der Waals surface area (Å²) in [5.41, 5.74) is 0.800. The molecule has 3 rings (SSSR count). The number of aliphatic imine (C=N–C) groups is 1. The maximum Gasteiger partial charge on any atom is 0.191 e. The third kappa shape index (κ3) is 5.46. The average Bonchev–Trinajstić information content (AvgIpc) is 3.14. The summed E-state index contributed by atoms with van der Waals surface area (Å²) in [6.07, 6.45) is 1.18. The highest BCUT2D eigenvalue weighted by atomic mass is 127. The number of benzene rings is 1. The first kappa shape index (κ1) is 21.7. The number of guanidine groups is 1. The maximum absolute atomic E-state index is 13.8. The number of thioether (sulfide) groups is 1. The molecular formula is C18H28FIN4OS. The van der Waals surface area contributed by atoms with E-state index in [1.54, 1.807) is 19.2 Å². The van der Waals surface area contributed by atoms with Crippen LogP contribution >= 0.6 is 35.7 Å². The van der Waals surface area contributed by atoms with Gasteiger partial charge in [-0.05, 0) is 18.2 Å². The second-order valence-electron chi connectivity index (χ2n) is 6.50. The molecule has 2 N–H and O–H groups in total. The van der Waals surface area contributed by atoms with E-state index in [0.29, 0.717) is 18.1 Å². The zero-order valence-corrected chi connectivity index (χ0v) is 18.3. The Morgan fingerprint density at radius 3 is 2.73 bits per heavy atom. The molecule has 8 heteroatoms. The van der Waals surface area contributed by atoms with Crippen molar-refractivity contribution in [2.24, 2.45) is 4.99 Å². The first-order valence-electron chi connectivity index (χ1n) is 8.82. The fourth-order valence-corrected chi connectivity index (χ4v) is 4.90. The van der Waals surface area contributed by atoms with Crippen LogP contribution in [-0.4, -0.2) is 67.8 Å². The predicted molar refractivity (Wildman–Crippen MR) is 117 cm³/mol. The normalized spacial score (nSPS) is 24.2. The lowest BCUT2D eigenvalue weighted by Crippen LogP contribution is -2.60. The van der Waals surface area contributed by atoms with Gasteiger partial charge in [0, 0.05) is 50.1 Å². The Labute approximate surface area is 176 Å². The topological polar surface area (TPSA) is 48.9 Å². The van der Waals surface area contributed by atoms with E-state index in [1.165, 1.54) is 18.2 Å². The quantitative estimate of drug-likeness (QED) is 0.374. The van der Waals surface area contributed by atoms with Crippen molar-refractivity contribution < 1.29 is 9.13 Å². The largest absolute Gasteiger partial charge is 0.379 e. The average molecular weight is 494 g/mol. The van der Waals surface area contributed by atoms with Gasteiger partial charge in [-0.15, -0.1) is 24.0 Å². The molecule has 0 amide bonds. The molecule has 5 nitrogen and oxygen atoms in total. The summed E-state index contributed by atoms with van der Waals surface area (Å²) in [5, 5.41) is 6.68. The molecule has 1 unspecified atom stereocenters. The van der Waals surface area contributed by atoms with Crippen LogP contribution in [0.1, 0.15) is 12.0 Å². The van der Waals surface area contributed by atoms with Crippen molar-refractivity contribution >= 4 is 41.7 Å². The molecule has 146 valence electrons. The van der Waals surface area contributed by atoms with Gasteiger partial charge >= 0.3 is 0 Å². The highest BCUT2D eigenvalue weighted by molar-refractivity contribution is 14.0. The fourth-order valence-electron chi connectivity index (χ4n) is 3.42. The Morgan fingerprint density at radius 2 is 2.08 bits per heavy atom. The minimum Gasteiger partial charge on any atom is -0.379 e. The van der Waals surface area contributed by atoms with Crippen LogP contribution in [0.5, 0.6) is 0 Å². The highest BCUT2D eigenvalue weighted by Crippen LogP contribution is 2.33. The number of hydrogen-bond acceptors (Lipinski definition) is 4. The lowest BCUT2D eigenvalue weighted by atomic mass is 9.95. The van der Waals surface area contributed by atoms with Crippen molar-refractivity contribution in [3.63, 3.8) is 0 Å². The van der Waals surface area contributed by atoms with Crippen molar-refractivity contribution in [1.29, 1.82) is 0 Å². The van der Waals surface area contributed by atoms with E-state index < -0.39 is 0 Å². The highest BCUT2D eigenvalue weighted by Gasteiger charge is 2.40. The lowest BCUT2D eigenvalue weighted by Gasteiger charge is -2.43. The number of halogens is 2. The monoisotopic (exact) mass is 494 g/mol. The molecule has 1 aromatic carbocycles. The van der Waals surface area contributed by atoms with Crippen molar-refractivity contribution in [1.82, 2.24) is 15.5 Å². The molecule has 1 atom stereocenters. The van der Waals surface area contributed by atoms with Crippen LogP contribution < -0.4 is 10.6 Å². The second-order valence-corrected chi connectivity index (χ2v) is 7.60. The summed E-state index contributed by atoms with van der Waals surface area (Å²) >= 11 is 2.01. The van der Waals surface area contributed by atoms with E-state index in [-0.39, 0.29) is 35.3 Å². The van der Waals surface area contributed by atoms with Crippen LogP contribution in [0.2, 0.25) is 0 Å². The summed E-state index contributed by atoms with van der Waals surface area (Å²) < 4.78 is 19.3. The van der Waals surface area contributed by atoms with Crippen molar-refractivity contribution in [2.45, 2.75) is 18.5 Å². The minimum absolute atomic E-state index is 0. The number of rotatable bonds is 5. The molecule has 0 radical (unpaired) electrons. The van der Waals surface area contributed by atoms with Gasteiger partial charge in [0.05, 0.1) is 13.2 Å². The van der Waals surface area contributed by atoms with Crippen LogP contribution in [0.4, 0.5) is 4.39 Å². The van der Waals surface area contributed by atoms with Gasteiger partial charge in [-0.3, -0.25) is 9.89 Å². The van der Waals surface area contributed by atoms with Gasteiger partial charge in [0.2, 0.25) is 0 Å². The zero-order chi connectivity index (χ0) is 17.5. The number of nitrogens with zero attached hydrogens (tertiary/aromatic N) is 2. The Morgan fingerprint density at radius 1 is 1.31 bits per heavy atom. The number of hydrogen-bond donors (Lipinski definition) is 2. The number of ether oxygens (including phenoxy) is 1. The van der Waals surface area contributed by atoms with Gasteiger partial charge in [-0.25, -0.2) is 4.39 Å². The molecule has 2 saturated heterocycles. The maximum atomic E-state index is 13.8. The van der Waals surface area contributed by atoms with E-state index in [0.717, 1.165) is 38.6 Å². The smallest absolute Gasteiger partial charge is 0.191 e. The van der Waals surface area contributed by atoms with Crippen LogP contribution in [0, 0.1) is 5.82 Å². The molecule has 0 bridgehead atoms. The standard InChI is InChI=1S/C18H27FN4OS.HI/c1-20-17(21-12-15-4-2-3-5-16(15)19)22-13-18(6-11-25-14-18)23-7-9-24-10-8-23;/h2-5H,6-14H2,1H3,(H2,20,21,22);1H. The number of nitrogens with one attached hydrogen (secondary N) is 2. The SMILES string of the molecule is CN=C(NCc1ccccc1F)NCC1(N2CCOCC2)CCSC1.I. The molecule has 0 aliphatic carbocycles. The number of morpholine rings is 1. The van der Waals surface area contributed by atoms with Gasteiger partial charge in [-0.2, -0.15) is 11.8 Å². The summed E-state index contributed by atoms with van der Waals surface area (Å²) in [6.45, 7) is 4.87. The Kier molecular flexibility index (Phi) is 8.92. The van der Waals surface area contributed by atoms with Gasteiger partial charge in [-0.1, -0.05) is 18.2 Å². The molecule has 2 aliphatic rings. The first-order valence-corrected chi connectivity index (χ1v) is 9.97. The Balaban J connectivity index is 0.00000243. The Bertz CT molecular complexity index is 592. The second kappa shape index (κ2) is 10.7. The van der Waals surface area contributed by atoms with E-state index in [1.807, 2.05) is 17.8 Å². The predicted octanol–water partition coefficient (Wildman–Crippen LogP) is 2.32. The van der Waals surface area contributed by atoms with Crippen molar-refractivity contribution in [3.8, 4) is 0 Å². The van der Waals surface area contributed by atoms with E-state index in [4.69, 9.17) is 4.74 Å². The first-order chi connectivity index (χ1) is 12.2. The molecule has 0 spiro atoms. The minimum atomic E-state index is -0.192. The third-order valence-electron chi connectivity index (χ3n) is 4.98. The van der Waals surface area contributed by atoms with Crippen LogP contribution in [0.3, 0.4) is 0 Å². The van der Waals surface area contributed by atoms with Crippen molar-refractivity contribution in [3.05, 3.63) is 35.6 Å². The van der Waals surface area contributed by atoms with E-state index in [2.05, 4.69) is 20.5 Å². The van der Waals surface area contributed by atoms with Gasteiger partial charge in [0.1, 0.15) is 5.82 Å². The third-order valence-corrected chi connectivity index (χ3v) is 6.21. The van der Waals surface area contributed by atoms with Crippen LogP contribution in [0.15, 0.2) is 29.3 Å². The van der Waals surface area contributed by atoms with Crippen molar-refractivity contribution in [2.75, 3.05) is 51.4 Å². The molecule has 2 heterocycles. The molecule has 1 aromatic rings. The summed E-state index contributed by atoms with van der Waals surface area (Å²) in [6, 6.07) is 6.82. The van der Waals surface area contributed by atoms with E-state index in [9.17, 15) is 4.39 Å². The summed E-state index contributed by atoms with van der Waals surface area (Å²) in [7, 11) is 1.75.